The first-order valence-electron chi connectivity index (χ1n) is 8.56. The average Bonchev–Trinajstić information content (AvgIpc) is 3.25. The first kappa shape index (κ1) is 17.7. The van der Waals surface area contributed by atoms with Crippen molar-refractivity contribution in [1.29, 1.82) is 0 Å². The van der Waals surface area contributed by atoms with Gasteiger partial charge in [0.2, 0.25) is 5.91 Å². The summed E-state index contributed by atoms with van der Waals surface area (Å²) in [6, 6.07) is 15.4. The van der Waals surface area contributed by atoms with E-state index in [9.17, 15) is 9.59 Å². The van der Waals surface area contributed by atoms with E-state index in [0.29, 0.717) is 22.6 Å². The summed E-state index contributed by atoms with van der Waals surface area (Å²) in [5.74, 6) is 6.36. The number of nitrogens with one attached hydrogen (secondary N) is 2. The van der Waals surface area contributed by atoms with Gasteiger partial charge in [0.05, 0.1) is 22.3 Å². The highest BCUT2D eigenvalue weighted by molar-refractivity contribution is 7.13. The van der Waals surface area contributed by atoms with Gasteiger partial charge in [0, 0.05) is 22.9 Å². The van der Waals surface area contributed by atoms with Crippen LogP contribution in [0.5, 0.6) is 0 Å². The van der Waals surface area contributed by atoms with Crippen LogP contribution in [-0.4, -0.2) is 16.8 Å². The van der Waals surface area contributed by atoms with Gasteiger partial charge in [-0.1, -0.05) is 30.0 Å². The molecule has 0 bridgehead atoms. The number of pyridine rings is 1. The zero-order chi connectivity index (χ0) is 19.5. The van der Waals surface area contributed by atoms with E-state index in [4.69, 9.17) is 0 Å². The Morgan fingerprint density at radius 2 is 2.00 bits per heavy atom. The largest absolute Gasteiger partial charge is 0.325 e. The third-order valence-corrected chi connectivity index (χ3v) is 4.94. The predicted octanol–water partition coefficient (Wildman–Crippen LogP) is 3.99. The number of carbonyl (C=O) groups excluding carboxylic acids is 2. The minimum atomic E-state index is -0.215. The normalized spacial score (nSPS) is 13.5. The quantitative estimate of drug-likeness (QED) is 0.518. The lowest BCUT2D eigenvalue weighted by molar-refractivity contribution is -0.114. The number of hydrogen-bond acceptors (Lipinski definition) is 4. The van der Waals surface area contributed by atoms with Crippen LogP contribution in [0.25, 0.3) is 11.6 Å². The van der Waals surface area contributed by atoms with Crippen LogP contribution < -0.4 is 10.6 Å². The maximum absolute atomic E-state index is 12.4. The lowest BCUT2D eigenvalue weighted by Gasteiger charge is -2.03. The van der Waals surface area contributed by atoms with Crippen molar-refractivity contribution in [3.05, 3.63) is 75.6 Å². The molecule has 28 heavy (non-hydrogen) atoms. The number of anilines is 2. The number of carbonyl (C=O) groups is 2. The Bertz CT molecular complexity index is 1170. The Balaban J connectivity index is 1.62. The van der Waals surface area contributed by atoms with Gasteiger partial charge in [-0.3, -0.25) is 9.59 Å². The zero-order valence-corrected chi connectivity index (χ0v) is 15.8. The van der Waals surface area contributed by atoms with E-state index in [1.807, 2.05) is 48.5 Å². The van der Waals surface area contributed by atoms with Crippen LogP contribution in [0.3, 0.4) is 0 Å². The molecule has 2 amide bonds. The van der Waals surface area contributed by atoms with E-state index in [1.54, 1.807) is 6.07 Å². The molecule has 0 radical (unpaired) electrons. The molecule has 3 heterocycles. The Labute approximate surface area is 166 Å². The van der Waals surface area contributed by atoms with Gasteiger partial charge in [0.25, 0.3) is 5.91 Å². The number of aromatic nitrogens is 1. The SMILES string of the molecule is CC(=O)Nc1cnc2c(c1)C(=Cc1ccc(C#Cc3ccccc3)s1)C(=O)N2. The molecule has 0 aliphatic carbocycles. The standard InChI is InChI=1S/C22H15N3O2S/c1-14(26)24-16-11-19-20(22(27)25-21(19)23-13-16)12-18-10-9-17(28-18)8-7-15-5-3-2-4-6-15/h2-6,9-13H,1H3,(H,24,26)(H,23,25,27). The lowest BCUT2D eigenvalue weighted by atomic mass is 10.1. The van der Waals surface area contributed by atoms with E-state index >= 15 is 0 Å². The Morgan fingerprint density at radius 3 is 2.79 bits per heavy atom. The fourth-order valence-electron chi connectivity index (χ4n) is 2.78. The summed E-state index contributed by atoms with van der Waals surface area (Å²) in [7, 11) is 0. The molecule has 0 atom stereocenters. The van der Waals surface area contributed by atoms with E-state index in [0.717, 1.165) is 15.3 Å². The number of benzene rings is 1. The summed E-state index contributed by atoms with van der Waals surface area (Å²) in [6.45, 7) is 1.43. The van der Waals surface area contributed by atoms with Crippen molar-refractivity contribution in [1.82, 2.24) is 4.98 Å². The van der Waals surface area contributed by atoms with Crippen molar-refractivity contribution in [3.8, 4) is 11.8 Å². The number of thiophene rings is 1. The lowest BCUT2D eigenvalue weighted by Crippen LogP contribution is -2.06. The Morgan fingerprint density at radius 1 is 1.18 bits per heavy atom. The molecular formula is C22H15N3O2S. The molecule has 2 aromatic heterocycles. The number of rotatable bonds is 2. The zero-order valence-electron chi connectivity index (χ0n) is 14.9. The average molecular weight is 385 g/mol. The number of nitrogens with zero attached hydrogens (tertiary/aromatic N) is 1. The molecule has 1 aliphatic heterocycles. The smallest absolute Gasteiger partial charge is 0.257 e. The van der Waals surface area contributed by atoms with Crippen molar-refractivity contribution in [3.63, 3.8) is 0 Å². The fourth-order valence-corrected chi connectivity index (χ4v) is 3.58. The second kappa shape index (κ2) is 7.51. The highest BCUT2D eigenvalue weighted by Gasteiger charge is 2.26. The molecule has 3 aromatic rings. The second-order valence-electron chi connectivity index (χ2n) is 6.13. The van der Waals surface area contributed by atoms with Gasteiger partial charge >= 0.3 is 0 Å². The Hall–Kier alpha value is -3.69. The van der Waals surface area contributed by atoms with Crippen LogP contribution in [0, 0.1) is 11.8 Å². The molecule has 0 unspecified atom stereocenters. The maximum Gasteiger partial charge on any atom is 0.257 e. The topological polar surface area (TPSA) is 71.1 Å². The third kappa shape index (κ3) is 3.85. The van der Waals surface area contributed by atoms with Crippen molar-refractivity contribution in [2.75, 3.05) is 10.6 Å². The number of fused-ring (bicyclic) bond motifs is 1. The van der Waals surface area contributed by atoms with Crippen molar-refractivity contribution in [2.24, 2.45) is 0 Å². The molecule has 0 saturated heterocycles. The molecular weight excluding hydrogens is 370 g/mol. The third-order valence-electron chi connectivity index (χ3n) is 3.99. The molecule has 0 saturated carbocycles. The van der Waals surface area contributed by atoms with Gasteiger partial charge < -0.3 is 10.6 Å². The van der Waals surface area contributed by atoms with E-state index in [2.05, 4.69) is 27.5 Å². The van der Waals surface area contributed by atoms with Gasteiger partial charge in [0.1, 0.15) is 5.82 Å². The molecule has 2 N–H and O–H groups in total. The summed E-state index contributed by atoms with van der Waals surface area (Å²) < 4.78 is 0. The van der Waals surface area contributed by atoms with Crippen LogP contribution in [0.2, 0.25) is 0 Å². The highest BCUT2D eigenvalue weighted by Crippen LogP contribution is 2.34. The van der Waals surface area contributed by atoms with Gasteiger partial charge in [-0.05, 0) is 36.4 Å². The van der Waals surface area contributed by atoms with E-state index in [-0.39, 0.29) is 11.8 Å². The molecule has 4 rings (SSSR count). The van der Waals surface area contributed by atoms with E-state index < -0.39 is 0 Å². The second-order valence-corrected chi connectivity index (χ2v) is 7.25. The molecule has 5 nitrogen and oxygen atoms in total. The summed E-state index contributed by atoms with van der Waals surface area (Å²) in [6.07, 6.45) is 3.34. The first-order chi connectivity index (χ1) is 13.6. The number of hydrogen-bond donors (Lipinski definition) is 2. The molecule has 1 aromatic carbocycles. The van der Waals surface area contributed by atoms with Crippen molar-refractivity contribution in [2.45, 2.75) is 6.92 Å². The monoisotopic (exact) mass is 385 g/mol. The van der Waals surface area contributed by atoms with Gasteiger partial charge in [-0.15, -0.1) is 11.3 Å². The van der Waals surface area contributed by atoms with Crippen molar-refractivity contribution < 1.29 is 9.59 Å². The summed E-state index contributed by atoms with van der Waals surface area (Å²) in [5, 5.41) is 5.43. The van der Waals surface area contributed by atoms with Crippen LogP contribution in [0.1, 0.15) is 27.8 Å². The molecule has 136 valence electrons. The molecule has 0 fully saturated rings. The fraction of sp³-hybridized carbons (Fsp3) is 0.0455. The maximum atomic E-state index is 12.4. The molecule has 1 aliphatic rings. The first-order valence-corrected chi connectivity index (χ1v) is 9.38. The summed E-state index contributed by atoms with van der Waals surface area (Å²) >= 11 is 1.51. The predicted molar refractivity (Wildman–Crippen MR) is 112 cm³/mol. The molecule has 6 heteroatoms. The van der Waals surface area contributed by atoms with Gasteiger partial charge in [0.15, 0.2) is 0 Å². The summed E-state index contributed by atoms with van der Waals surface area (Å²) in [4.78, 5) is 29.7. The van der Waals surface area contributed by atoms with Gasteiger partial charge in [-0.2, -0.15) is 0 Å². The minimum absolute atomic E-state index is 0.190. The van der Waals surface area contributed by atoms with Crippen LogP contribution in [0.15, 0.2) is 54.7 Å². The van der Waals surface area contributed by atoms with Crippen LogP contribution >= 0.6 is 11.3 Å². The van der Waals surface area contributed by atoms with Crippen molar-refractivity contribution >= 4 is 46.3 Å². The Kier molecular flexibility index (Phi) is 4.75. The summed E-state index contributed by atoms with van der Waals surface area (Å²) in [5.41, 5.74) is 2.69. The van der Waals surface area contributed by atoms with Gasteiger partial charge in [-0.25, -0.2) is 4.98 Å². The molecule has 0 spiro atoms. The highest BCUT2D eigenvalue weighted by atomic mass is 32.1. The van der Waals surface area contributed by atoms with E-state index in [1.165, 1.54) is 24.5 Å². The minimum Gasteiger partial charge on any atom is -0.325 e. The van der Waals surface area contributed by atoms with Crippen LogP contribution in [0.4, 0.5) is 11.5 Å². The number of amides is 2. The van der Waals surface area contributed by atoms with Crippen LogP contribution in [-0.2, 0) is 9.59 Å².